The lowest BCUT2D eigenvalue weighted by atomic mass is 10.0. The number of hydrogen-bond donors (Lipinski definition) is 0. The van der Waals surface area contributed by atoms with Gasteiger partial charge in [0.2, 0.25) is 0 Å². The highest BCUT2D eigenvalue weighted by Gasteiger charge is 2.24. The van der Waals surface area contributed by atoms with Crippen molar-refractivity contribution in [3.05, 3.63) is 72.1 Å². The van der Waals surface area contributed by atoms with Gasteiger partial charge in [0.05, 0.1) is 25.5 Å². The first-order chi connectivity index (χ1) is 13.2. The molecular weight excluding hydrogens is 340 g/mol. The van der Waals surface area contributed by atoms with E-state index in [0.717, 1.165) is 29.8 Å². The fourth-order valence-corrected chi connectivity index (χ4v) is 3.32. The summed E-state index contributed by atoms with van der Waals surface area (Å²) >= 11 is 0. The molecule has 0 unspecified atom stereocenters. The maximum Gasteiger partial charge on any atom is 0.253 e. The van der Waals surface area contributed by atoms with E-state index >= 15 is 0 Å². The van der Waals surface area contributed by atoms with Crippen molar-refractivity contribution in [3.63, 3.8) is 0 Å². The molecule has 1 aromatic carbocycles. The second kappa shape index (κ2) is 9.33. The van der Waals surface area contributed by atoms with Crippen LogP contribution in [0.15, 0.2) is 55.3 Å². The van der Waals surface area contributed by atoms with Crippen molar-refractivity contribution < 1.29 is 14.3 Å². The molecule has 2 aromatic rings. The van der Waals surface area contributed by atoms with E-state index in [0.29, 0.717) is 31.7 Å². The minimum Gasteiger partial charge on any atom is -0.496 e. The number of pyridine rings is 1. The molecule has 1 saturated heterocycles. The largest absolute Gasteiger partial charge is 0.496 e. The normalized spacial score (nSPS) is 14.8. The molecule has 2 heterocycles. The minimum atomic E-state index is 0.0612. The zero-order valence-corrected chi connectivity index (χ0v) is 15.8. The SMILES string of the molecule is C=CCc1cc(C(=O)N2CCC(OCc3ccccn3)CC2)ccc1OC. The summed E-state index contributed by atoms with van der Waals surface area (Å²) in [7, 11) is 1.64. The summed E-state index contributed by atoms with van der Waals surface area (Å²) in [5, 5.41) is 0. The number of nitrogens with zero attached hydrogens (tertiary/aromatic N) is 2. The quantitative estimate of drug-likeness (QED) is 0.702. The van der Waals surface area contributed by atoms with E-state index < -0.39 is 0 Å². The first kappa shape index (κ1) is 19.1. The van der Waals surface area contributed by atoms with Crippen LogP contribution in [0.2, 0.25) is 0 Å². The molecule has 5 nitrogen and oxygen atoms in total. The number of ether oxygens (including phenoxy) is 2. The summed E-state index contributed by atoms with van der Waals surface area (Å²) in [6.45, 7) is 5.70. The van der Waals surface area contributed by atoms with E-state index in [1.807, 2.05) is 47.4 Å². The molecule has 0 bridgehead atoms. The van der Waals surface area contributed by atoms with Crippen molar-refractivity contribution >= 4 is 5.91 Å². The summed E-state index contributed by atoms with van der Waals surface area (Å²) in [5.41, 5.74) is 2.61. The molecule has 0 aliphatic carbocycles. The predicted octanol–water partition coefficient (Wildman–Crippen LogP) is 3.64. The molecule has 0 N–H and O–H groups in total. The predicted molar refractivity (Wildman–Crippen MR) is 105 cm³/mol. The first-order valence-electron chi connectivity index (χ1n) is 9.30. The van der Waals surface area contributed by atoms with Gasteiger partial charge in [-0.3, -0.25) is 9.78 Å². The highest BCUT2D eigenvalue weighted by Crippen LogP contribution is 2.23. The Morgan fingerprint density at radius 3 is 2.78 bits per heavy atom. The van der Waals surface area contributed by atoms with Gasteiger partial charge in [-0.05, 0) is 55.2 Å². The van der Waals surface area contributed by atoms with Gasteiger partial charge in [-0.25, -0.2) is 0 Å². The molecule has 5 heteroatoms. The van der Waals surface area contributed by atoms with Crippen LogP contribution in [0, 0.1) is 0 Å². The molecule has 0 atom stereocenters. The number of methoxy groups -OCH3 is 1. The third kappa shape index (κ3) is 4.95. The number of hydrogen-bond acceptors (Lipinski definition) is 4. The number of carbonyl (C=O) groups is 1. The number of rotatable bonds is 7. The summed E-state index contributed by atoms with van der Waals surface area (Å²) < 4.78 is 11.3. The highest BCUT2D eigenvalue weighted by molar-refractivity contribution is 5.94. The monoisotopic (exact) mass is 366 g/mol. The number of benzene rings is 1. The molecule has 0 spiro atoms. The fourth-order valence-electron chi connectivity index (χ4n) is 3.32. The Bertz CT molecular complexity index is 768. The lowest BCUT2D eigenvalue weighted by molar-refractivity contribution is -0.00161. The number of piperidine rings is 1. The van der Waals surface area contributed by atoms with Crippen LogP contribution >= 0.6 is 0 Å². The standard InChI is InChI=1S/C22H26N2O3/c1-3-6-17-15-18(8-9-21(17)26-2)22(25)24-13-10-20(11-14-24)27-16-19-7-4-5-12-23-19/h3-5,7-9,12,15,20H,1,6,10-11,13-14,16H2,2H3. The molecule has 1 amide bonds. The Labute approximate surface area is 160 Å². The summed E-state index contributed by atoms with van der Waals surface area (Å²) in [4.78, 5) is 19.0. The Morgan fingerprint density at radius 2 is 2.11 bits per heavy atom. The lowest BCUT2D eigenvalue weighted by Gasteiger charge is -2.32. The van der Waals surface area contributed by atoms with Crippen LogP contribution in [0.1, 0.15) is 34.5 Å². The average Bonchev–Trinajstić information content (AvgIpc) is 2.73. The van der Waals surface area contributed by atoms with Crippen LogP contribution in [0.5, 0.6) is 5.75 Å². The van der Waals surface area contributed by atoms with Crippen LogP contribution in [0.3, 0.4) is 0 Å². The van der Waals surface area contributed by atoms with Crippen molar-refractivity contribution in [3.8, 4) is 5.75 Å². The Kier molecular flexibility index (Phi) is 6.60. The van der Waals surface area contributed by atoms with Gasteiger partial charge in [-0.1, -0.05) is 12.1 Å². The smallest absolute Gasteiger partial charge is 0.253 e. The van der Waals surface area contributed by atoms with Gasteiger partial charge in [0.15, 0.2) is 0 Å². The van der Waals surface area contributed by atoms with E-state index in [4.69, 9.17) is 9.47 Å². The summed E-state index contributed by atoms with van der Waals surface area (Å²) in [5.74, 6) is 0.847. The number of likely N-dealkylation sites (tertiary alicyclic amines) is 1. The van der Waals surface area contributed by atoms with Gasteiger partial charge in [0.25, 0.3) is 5.91 Å². The van der Waals surface area contributed by atoms with Crippen molar-refractivity contribution in [1.29, 1.82) is 0 Å². The Balaban J connectivity index is 1.55. The maximum atomic E-state index is 12.9. The van der Waals surface area contributed by atoms with Gasteiger partial charge in [-0.15, -0.1) is 6.58 Å². The molecule has 3 rings (SSSR count). The van der Waals surface area contributed by atoms with E-state index in [-0.39, 0.29) is 12.0 Å². The molecule has 142 valence electrons. The van der Waals surface area contributed by atoms with Gasteiger partial charge in [-0.2, -0.15) is 0 Å². The number of aromatic nitrogens is 1. The van der Waals surface area contributed by atoms with E-state index in [2.05, 4.69) is 11.6 Å². The van der Waals surface area contributed by atoms with E-state index in [9.17, 15) is 4.79 Å². The summed E-state index contributed by atoms with van der Waals surface area (Å²) in [6.07, 6.45) is 6.12. The third-order valence-electron chi connectivity index (χ3n) is 4.81. The van der Waals surface area contributed by atoms with Gasteiger partial charge >= 0.3 is 0 Å². The lowest BCUT2D eigenvalue weighted by Crippen LogP contribution is -2.40. The summed E-state index contributed by atoms with van der Waals surface area (Å²) in [6, 6.07) is 11.4. The van der Waals surface area contributed by atoms with Gasteiger partial charge in [0.1, 0.15) is 5.75 Å². The fraction of sp³-hybridized carbons (Fsp3) is 0.364. The van der Waals surface area contributed by atoms with Crippen LogP contribution in [0.4, 0.5) is 0 Å². The molecule has 1 fully saturated rings. The van der Waals surface area contributed by atoms with Gasteiger partial charge in [0, 0.05) is 24.8 Å². The molecule has 1 aromatic heterocycles. The Hall–Kier alpha value is -2.66. The van der Waals surface area contributed by atoms with Crippen molar-refractivity contribution in [2.45, 2.75) is 32.0 Å². The molecular formula is C22H26N2O3. The molecule has 1 aliphatic heterocycles. The highest BCUT2D eigenvalue weighted by atomic mass is 16.5. The molecule has 1 aliphatic rings. The van der Waals surface area contributed by atoms with Crippen LogP contribution in [0.25, 0.3) is 0 Å². The molecule has 0 saturated carbocycles. The second-order valence-corrected chi connectivity index (χ2v) is 6.64. The number of amides is 1. The van der Waals surface area contributed by atoms with Crippen molar-refractivity contribution in [1.82, 2.24) is 9.88 Å². The molecule has 27 heavy (non-hydrogen) atoms. The van der Waals surface area contributed by atoms with E-state index in [1.165, 1.54) is 0 Å². The number of allylic oxidation sites excluding steroid dienone is 1. The molecule has 0 radical (unpaired) electrons. The third-order valence-corrected chi connectivity index (χ3v) is 4.81. The van der Waals surface area contributed by atoms with Crippen LogP contribution < -0.4 is 4.74 Å². The van der Waals surface area contributed by atoms with Crippen molar-refractivity contribution in [2.24, 2.45) is 0 Å². The van der Waals surface area contributed by atoms with Crippen LogP contribution in [-0.2, 0) is 17.8 Å². The maximum absolute atomic E-state index is 12.9. The first-order valence-corrected chi connectivity index (χ1v) is 9.30. The Morgan fingerprint density at radius 1 is 1.30 bits per heavy atom. The second-order valence-electron chi connectivity index (χ2n) is 6.64. The van der Waals surface area contributed by atoms with Crippen molar-refractivity contribution in [2.75, 3.05) is 20.2 Å². The van der Waals surface area contributed by atoms with Gasteiger partial charge < -0.3 is 14.4 Å². The topological polar surface area (TPSA) is 51.7 Å². The number of carbonyl (C=O) groups excluding carboxylic acids is 1. The van der Waals surface area contributed by atoms with E-state index in [1.54, 1.807) is 13.3 Å². The minimum absolute atomic E-state index is 0.0612. The zero-order chi connectivity index (χ0) is 19.1. The zero-order valence-electron chi connectivity index (χ0n) is 15.8. The van der Waals surface area contributed by atoms with Crippen LogP contribution in [-0.4, -0.2) is 42.1 Å². The average molecular weight is 366 g/mol.